The van der Waals surface area contributed by atoms with E-state index in [4.69, 9.17) is 4.74 Å². The molecule has 0 radical (unpaired) electrons. The van der Waals surface area contributed by atoms with Gasteiger partial charge in [-0.3, -0.25) is 4.79 Å². The van der Waals surface area contributed by atoms with E-state index in [-0.39, 0.29) is 17.4 Å². The number of halogens is 1. The molecule has 1 fully saturated rings. The highest BCUT2D eigenvalue weighted by molar-refractivity contribution is 7.99. The molecule has 3 aromatic rings. The van der Waals surface area contributed by atoms with Crippen molar-refractivity contribution in [1.29, 1.82) is 0 Å². The maximum atomic E-state index is 14.4. The molecule has 1 unspecified atom stereocenters. The van der Waals surface area contributed by atoms with Crippen molar-refractivity contribution in [3.8, 4) is 5.88 Å². The SMILES string of the molecule is O=c1ccc2ccc(F)c3c2n1C(CN1CCC(NCc2cc4c(nn2)OCCS4)CC1)CC3. The number of piperidine rings is 1. The van der Waals surface area contributed by atoms with Gasteiger partial charge in [0.05, 0.1) is 28.8 Å². The predicted molar refractivity (Wildman–Crippen MR) is 130 cm³/mol. The summed E-state index contributed by atoms with van der Waals surface area (Å²) in [5.74, 6) is 1.40. The summed E-state index contributed by atoms with van der Waals surface area (Å²) in [5, 5.41) is 13.1. The standard InChI is InChI=1S/C25H28FN5O2S/c26-21-5-1-16-2-6-23(32)31-19(3-4-20(21)24(16)31)15-30-9-7-17(8-10-30)27-14-18-13-22-25(29-28-18)33-11-12-34-22/h1-2,5-6,13,17,19,27H,3-4,7-12,14-15H2. The van der Waals surface area contributed by atoms with Crippen molar-refractivity contribution in [1.82, 2.24) is 25.0 Å². The van der Waals surface area contributed by atoms with Crippen molar-refractivity contribution >= 4 is 22.7 Å². The molecule has 5 heterocycles. The molecular weight excluding hydrogens is 453 g/mol. The van der Waals surface area contributed by atoms with E-state index in [0.717, 1.165) is 66.1 Å². The van der Waals surface area contributed by atoms with Crippen LogP contribution in [0.15, 0.2) is 40.0 Å². The number of ether oxygens (including phenoxy) is 1. The number of likely N-dealkylation sites (tertiary alicyclic amines) is 1. The van der Waals surface area contributed by atoms with Gasteiger partial charge in [0.2, 0.25) is 5.88 Å². The second-order valence-corrected chi connectivity index (χ2v) is 10.5. The molecule has 0 amide bonds. The summed E-state index contributed by atoms with van der Waals surface area (Å²) >= 11 is 1.77. The van der Waals surface area contributed by atoms with Gasteiger partial charge in [0.25, 0.3) is 5.56 Å². The lowest BCUT2D eigenvalue weighted by Gasteiger charge is -2.37. The zero-order valence-corrected chi connectivity index (χ0v) is 19.8. The Morgan fingerprint density at radius 3 is 2.88 bits per heavy atom. The molecule has 1 aromatic carbocycles. The van der Waals surface area contributed by atoms with Crippen molar-refractivity contribution in [2.75, 3.05) is 32.0 Å². The Kier molecular flexibility index (Phi) is 6.01. The van der Waals surface area contributed by atoms with Gasteiger partial charge in [-0.2, -0.15) is 5.10 Å². The van der Waals surface area contributed by atoms with Crippen molar-refractivity contribution < 1.29 is 9.13 Å². The Balaban J connectivity index is 1.07. The number of pyridine rings is 1. The molecule has 0 aliphatic carbocycles. The average Bonchev–Trinajstić information content (AvgIpc) is 2.87. The van der Waals surface area contributed by atoms with E-state index < -0.39 is 0 Å². The van der Waals surface area contributed by atoms with Crippen molar-refractivity contribution in [3.05, 3.63) is 57.8 Å². The van der Waals surface area contributed by atoms with Crippen LogP contribution >= 0.6 is 11.8 Å². The van der Waals surface area contributed by atoms with Crippen LogP contribution in [0.1, 0.15) is 36.6 Å². The molecule has 1 N–H and O–H groups in total. The van der Waals surface area contributed by atoms with Gasteiger partial charge in [0.1, 0.15) is 5.82 Å². The highest BCUT2D eigenvalue weighted by Crippen LogP contribution is 2.32. The fourth-order valence-electron chi connectivity index (χ4n) is 5.46. The van der Waals surface area contributed by atoms with Crippen LogP contribution in [0.5, 0.6) is 5.88 Å². The third-order valence-electron chi connectivity index (χ3n) is 7.22. The van der Waals surface area contributed by atoms with Crippen molar-refractivity contribution in [2.45, 2.75) is 49.2 Å². The normalized spacial score (nSPS) is 20.8. The highest BCUT2D eigenvalue weighted by atomic mass is 32.2. The van der Waals surface area contributed by atoms with Crippen LogP contribution in [-0.4, -0.2) is 57.7 Å². The molecule has 3 aliphatic heterocycles. The summed E-state index contributed by atoms with van der Waals surface area (Å²) in [5.41, 5.74) is 2.38. The molecule has 2 aromatic heterocycles. The van der Waals surface area contributed by atoms with Crippen molar-refractivity contribution in [3.63, 3.8) is 0 Å². The van der Waals surface area contributed by atoms with Gasteiger partial charge >= 0.3 is 0 Å². The van der Waals surface area contributed by atoms with Gasteiger partial charge in [0, 0.05) is 36.5 Å². The first-order valence-corrected chi connectivity index (χ1v) is 13.0. The van der Waals surface area contributed by atoms with E-state index >= 15 is 0 Å². The summed E-state index contributed by atoms with van der Waals surface area (Å²) in [7, 11) is 0. The second kappa shape index (κ2) is 9.28. The largest absolute Gasteiger partial charge is 0.475 e. The smallest absolute Gasteiger partial charge is 0.251 e. The van der Waals surface area contributed by atoms with Gasteiger partial charge in [-0.15, -0.1) is 16.9 Å². The molecule has 7 nitrogen and oxygen atoms in total. The summed E-state index contributed by atoms with van der Waals surface area (Å²) in [4.78, 5) is 16.3. The lowest BCUT2D eigenvalue weighted by Crippen LogP contribution is -2.45. The van der Waals surface area contributed by atoms with Crippen LogP contribution < -0.4 is 15.6 Å². The number of hydrogen-bond donors (Lipinski definition) is 1. The Bertz CT molecular complexity index is 1270. The van der Waals surface area contributed by atoms with Crippen LogP contribution in [0.25, 0.3) is 10.9 Å². The minimum atomic E-state index is -0.202. The van der Waals surface area contributed by atoms with Crippen molar-refractivity contribution in [2.24, 2.45) is 0 Å². The summed E-state index contributed by atoms with van der Waals surface area (Å²) < 4.78 is 21.8. The van der Waals surface area contributed by atoms with E-state index in [0.29, 0.717) is 37.1 Å². The summed E-state index contributed by atoms with van der Waals surface area (Å²) in [6.45, 7) is 4.18. The number of thioether (sulfide) groups is 1. The zero-order chi connectivity index (χ0) is 23.1. The number of nitrogens with one attached hydrogen (secondary N) is 1. The summed E-state index contributed by atoms with van der Waals surface area (Å²) in [6, 6.07) is 9.33. The number of aryl methyl sites for hydroxylation is 1. The maximum Gasteiger partial charge on any atom is 0.251 e. The molecule has 34 heavy (non-hydrogen) atoms. The Morgan fingerprint density at radius 1 is 1.15 bits per heavy atom. The molecule has 3 aliphatic rings. The third-order valence-corrected chi connectivity index (χ3v) is 8.19. The molecule has 0 spiro atoms. The topological polar surface area (TPSA) is 72.3 Å². The molecule has 6 rings (SSSR count). The van der Waals surface area contributed by atoms with Crippen LogP contribution in [0.3, 0.4) is 0 Å². The maximum absolute atomic E-state index is 14.4. The van der Waals surface area contributed by atoms with Gasteiger partial charge in [-0.05, 0) is 68.4 Å². The molecular formula is C25H28FN5O2S. The number of aromatic nitrogens is 3. The number of nitrogens with zero attached hydrogens (tertiary/aromatic N) is 4. The number of benzene rings is 1. The fourth-order valence-corrected chi connectivity index (χ4v) is 6.29. The molecule has 1 saturated heterocycles. The van der Waals surface area contributed by atoms with E-state index in [1.54, 1.807) is 23.9 Å². The number of fused-ring (bicyclic) bond motifs is 1. The molecule has 0 bridgehead atoms. The minimum Gasteiger partial charge on any atom is -0.475 e. The first-order chi connectivity index (χ1) is 16.7. The van der Waals surface area contributed by atoms with E-state index in [1.165, 1.54) is 6.07 Å². The first kappa shape index (κ1) is 22.0. The lowest BCUT2D eigenvalue weighted by molar-refractivity contribution is 0.167. The van der Waals surface area contributed by atoms with Gasteiger partial charge in [0.15, 0.2) is 0 Å². The quantitative estimate of drug-likeness (QED) is 0.600. The average molecular weight is 482 g/mol. The van der Waals surface area contributed by atoms with E-state index in [9.17, 15) is 9.18 Å². The predicted octanol–water partition coefficient (Wildman–Crippen LogP) is 3.16. The van der Waals surface area contributed by atoms with Crippen LogP contribution in [-0.2, 0) is 13.0 Å². The van der Waals surface area contributed by atoms with Gasteiger partial charge in [-0.25, -0.2) is 4.39 Å². The van der Waals surface area contributed by atoms with Crippen LogP contribution in [0, 0.1) is 5.82 Å². The Hall–Kier alpha value is -2.49. The molecule has 178 valence electrons. The third kappa shape index (κ3) is 4.21. The highest BCUT2D eigenvalue weighted by Gasteiger charge is 2.28. The fraction of sp³-hybridized carbons (Fsp3) is 0.480. The van der Waals surface area contributed by atoms with Crippen LogP contribution in [0.4, 0.5) is 4.39 Å². The Morgan fingerprint density at radius 2 is 2.00 bits per heavy atom. The number of hydrogen-bond acceptors (Lipinski definition) is 7. The first-order valence-electron chi connectivity index (χ1n) is 12.1. The molecule has 9 heteroatoms. The number of rotatable bonds is 5. The Labute approximate surface area is 201 Å². The zero-order valence-electron chi connectivity index (χ0n) is 19.0. The lowest BCUT2D eigenvalue weighted by atomic mass is 9.95. The summed E-state index contributed by atoms with van der Waals surface area (Å²) in [6.07, 6.45) is 3.57. The van der Waals surface area contributed by atoms with Crippen LogP contribution in [0.2, 0.25) is 0 Å². The van der Waals surface area contributed by atoms with Gasteiger partial charge in [-0.1, -0.05) is 0 Å². The second-order valence-electron chi connectivity index (χ2n) is 9.36. The molecule has 1 atom stereocenters. The van der Waals surface area contributed by atoms with E-state index in [1.807, 2.05) is 10.6 Å². The van der Waals surface area contributed by atoms with Gasteiger partial charge < -0.3 is 19.5 Å². The minimum absolute atomic E-state index is 0.0321. The molecule has 0 saturated carbocycles. The van der Waals surface area contributed by atoms with E-state index in [2.05, 4.69) is 26.5 Å². The monoisotopic (exact) mass is 481 g/mol.